The molecule has 0 saturated heterocycles. The van der Waals surface area contributed by atoms with Gasteiger partial charge in [0.2, 0.25) is 0 Å². The second kappa shape index (κ2) is 4.79. The molecule has 0 N–H and O–H groups in total. The van der Waals surface area contributed by atoms with Gasteiger partial charge in [0, 0.05) is 10.6 Å². The van der Waals surface area contributed by atoms with E-state index in [9.17, 15) is 0 Å². The average molecular weight is 221 g/mol. The van der Waals surface area contributed by atoms with Crippen molar-refractivity contribution in [3.05, 3.63) is 65.7 Å². The molecule has 2 aromatic rings. The van der Waals surface area contributed by atoms with E-state index in [1.165, 1.54) is 10.9 Å². The number of allylic oxidation sites excluding steroid dienone is 2. The van der Waals surface area contributed by atoms with Gasteiger partial charge in [-0.2, -0.15) is 0 Å². The molecule has 0 aliphatic carbocycles. The molecule has 0 spiro atoms. The average Bonchev–Trinajstić information content (AvgIpc) is 2.34. The van der Waals surface area contributed by atoms with Crippen LogP contribution in [-0.4, -0.2) is 4.98 Å². The van der Waals surface area contributed by atoms with E-state index in [1.807, 2.05) is 30.4 Å². The number of aryl methyl sites for hydroxylation is 1. The largest absolute Gasteiger partial charge is 0.248 e. The molecule has 1 heterocycles. The fourth-order valence-electron chi connectivity index (χ4n) is 1.98. The van der Waals surface area contributed by atoms with Crippen molar-refractivity contribution in [2.24, 2.45) is 0 Å². The van der Waals surface area contributed by atoms with Gasteiger partial charge in [0.1, 0.15) is 0 Å². The summed E-state index contributed by atoms with van der Waals surface area (Å²) in [6.07, 6.45) is 7.47. The molecule has 0 bridgehead atoms. The minimum Gasteiger partial charge on any atom is -0.248 e. The van der Waals surface area contributed by atoms with Gasteiger partial charge in [-0.3, -0.25) is 0 Å². The van der Waals surface area contributed by atoms with Crippen LogP contribution < -0.4 is 10.6 Å². The number of benzene rings is 1. The SMILES string of the molecule is C=C/C=c1/c(C)c2ccccc2n/c1=C/C=C. The van der Waals surface area contributed by atoms with E-state index >= 15 is 0 Å². The second-order valence-corrected chi connectivity index (χ2v) is 3.86. The van der Waals surface area contributed by atoms with Crippen molar-refractivity contribution in [1.29, 1.82) is 0 Å². The normalized spacial score (nSPS) is 13.0. The molecule has 2 rings (SSSR count). The van der Waals surface area contributed by atoms with E-state index in [0.29, 0.717) is 0 Å². The van der Waals surface area contributed by atoms with Gasteiger partial charge in [-0.1, -0.05) is 49.6 Å². The maximum atomic E-state index is 4.64. The quantitative estimate of drug-likeness (QED) is 0.759. The highest BCUT2D eigenvalue weighted by Crippen LogP contribution is 2.10. The van der Waals surface area contributed by atoms with Crippen LogP contribution in [0.1, 0.15) is 5.56 Å². The highest BCUT2D eigenvalue weighted by molar-refractivity contribution is 5.82. The molecule has 0 saturated carbocycles. The predicted octanol–water partition coefficient (Wildman–Crippen LogP) is 2.48. The first-order chi connectivity index (χ1) is 8.27. The third-order valence-electron chi connectivity index (χ3n) is 2.79. The van der Waals surface area contributed by atoms with Gasteiger partial charge >= 0.3 is 0 Å². The van der Waals surface area contributed by atoms with Crippen LogP contribution in [-0.2, 0) is 0 Å². The number of aromatic nitrogens is 1. The molecule has 1 aromatic heterocycles. The predicted molar refractivity (Wildman–Crippen MR) is 75.1 cm³/mol. The van der Waals surface area contributed by atoms with Crippen molar-refractivity contribution in [2.45, 2.75) is 6.92 Å². The van der Waals surface area contributed by atoms with Crippen LogP contribution in [0.3, 0.4) is 0 Å². The van der Waals surface area contributed by atoms with Gasteiger partial charge in [0.25, 0.3) is 0 Å². The number of para-hydroxylation sites is 1. The molecule has 0 amide bonds. The summed E-state index contributed by atoms with van der Waals surface area (Å²) in [5.74, 6) is 0. The van der Waals surface area contributed by atoms with E-state index in [0.717, 1.165) is 16.1 Å². The number of hydrogen-bond donors (Lipinski definition) is 0. The Kier molecular flexibility index (Phi) is 3.20. The van der Waals surface area contributed by atoms with Gasteiger partial charge in [0.15, 0.2) is 0 Å². The van der Waals surface area contributed by atoms with E-state index < -0.39 is 0 Å². The summed E-state index contributed by atoms with van der Waals surface area (Å²) < 4.78 is 0. The molecule has 1 nitrogen and oxygen atoms in total. The molecule has 1 heteroatoms. The first-order valence-electron chi connectivity index (χ1n) is 5.59. The number of hydrogen-bond acceptors (Lipinski definition) is 1. The van der Waals surface area contributed by atoms with Crippen molar-refractivity contribution >= 4 is 23.1 Å². The van der Waals surface area contributed by atoms with Crippen LogP contribution in [0.4, 0.5) is 0 Å². The van der Waals surface area contributed by atoms with Crippen molar-refractivity contribution < 1.29 is 0 Å². The maximum Gasteiger partial charge on any atom is 0.0712 e. The molecule has 1 aromatic carbocycles. The van der Waals surface area contributed by atoms with Crippen LogP contribution in [0.2, 0.25) is 0 Å². The Balaban J connectivity index is 3.05. The lowest BCUT2D eigenvalue weighted by Gasteiger charge is -2.03. The molecule has 0 unspecified atom stereocenters. The number of nitrogens with zero attached hydrogens (tertiary/aromatic N) is 1. The van der Waals surface area contributed by atoms with Crippen molar-refractivity contribution in [1.82, 2.24) is 4.98 Å². The fraction of sp³-hybridized carbons (Fsp3) is 0.0625. The smallest absolute Gasteiger partial charge is 0.0712 e. The van der Waals surface area contributed by atoms with Crippen molar-refractivity contribution in [2.75, 3.05) is 0 Å². The molecule has 0 radical (unpaired) electrons. The van der Waals surface area contributed by atoms with E-state index in [2.05, 4.69) is 31.1 Å². The summed E-state index contributed by atoms with van der Waals surface area (Å²) in [4.78, 5) is 4.64. The molecule has 17 heavy (non-hydrogen) atoms. The van der Waals surface area contributed by atoms with Gasteiger partial charge in [-0.25, -0.2) is 4.98 Å². The fourth-order valence-corrected chi connectivity index (χ4v) is 1.98. The minimum atomic E-state index is 0.941. The lowest BCUT2D eigenvalue weighted by molar-refractivity contribution is 1.25. The summed E-state index contributed by atoms with van der Waals surface area (Å²) in [7, 11) is 0. The number of fused-ring (bicyclic) bond motifs is 1. The Bertz CT molecular complexity index is 693. The third-order valence-corrected chi connectivity index (χ3v) is 2.79. The molecule has 84 valence electrons. The Morgan fingerprint density at radius 2 is 1.76 bits per heavy atom. The lowest BCUT2D eigenvalue weighted by Crippen LogP contribution is -2.30. The van der Waals surface area contributed by atoms with E-state index in [4.69, 9.17) is 0 Å². The standard InChI is InChI=1S/C16H15N/c1-4-8-13-12(3)14-10-6-7-11-16(14)17-15(13)9-5-2/h4-11H,1-2H2,3H3/b13-8-,15-9+. The highest BCUT2D eigenvalue weighted by atomic mass is 14.7. The molecular formula is C16H15N. The molecule has 0 atom stereocenters. The van der Waals surface area contributed by atoms with Gasteiger partial charge in [-0.05, 0) is 24.6 Å². The minimum absolute atomic E-state index is 0.941. The third kappa shape index (κ3) is 2.04. The lowest BCUT2D eigenvalue weighted by atomic mass is 10.1. The van der Waals surface area contributed by atoms with E-state index in [1.54, 1.807) is 12.2 Å². The Hall–Kier alpha value is -2.15. The summed E-state index contributed by atoms with van der Waals surface area (Å²) in [5.41, 5.74) is 2.24. The zero-order valence-electron chi connectivity index (χ0n) is 9.98. The van der Waals surface area contributed by atoms with Gasteiger partial charge < -0.3 is 0 Å². The first-order valence-corrected chi connectivity index (χ1v) is 5.59. The molecule has 0 aliphatic rings. The number of pyridine rings is 1. The summed E-state index contributed by atoms with van der Waals surface area (Å²) in [5, 5.41) is 3.23. The molecule has 0 aliphatic heterocycles. The van der Waals surface area contributed by atoms with Crippen molar-refractivity contribution in [3.63, 3.8) is 0 Å². The van der Waals surface area contributed by atoms with E-state index in [-0.39, 0.29) is 0 Å². The van der Waals surface area contributed by atoms with Gasteiger partial charge in [-0.15, -0.1) is 0 Å². The van der Waals surface area contributed by atoms with Gasteiger partial charge in [0.05, 0.1) is 10.9 Å². The topological polar surface area (TPSA) is 12.9 Å². The Morgan fingerprint density at radius 3 is 2.47 bits per heavy atom. The monoisotopic (exact) mass is 221 g/mol. The first kappa shape index (κ1) is 11.3. The summed E-state index contributed by atoms with van der Waals surface area (Å²) >= 11 is 0. The second-order valence-electron chi connectivity index (χ2n) is 3.86. The zero-order chi connectivity index (χ0) is 12.3. The zero-order valence-corrected chi connectivity index (χ0v) is 9.98. The Labute approximate surface area is 101 Å². The number of rotatable bonds is 2. The summed E-state index contributed by atoms with van der Waals surface area (Å²) in [6.45, 7) is 9.60. The van der Waals surface area contributed by atoms with Crippen molar-refractivity contribution in [3.8, 4) is 0 Å². The van der Waals surface area contributed by atoms with Crippen LogP contribution in [0.15, 0.2) is 49.6 Å². The van der Waals surface area contributed by atoms with Crippen LogP contribution in [0, 0.1) is 6.92 Å². The Morgan fingerprint density at radius 1 is 1.06 bits per heavy atom. The van der Waals surface area contributed by atoms with Crippen LogP contribution in [0.25, 0.3) is 23.1 Å². The van der Waals surface area contributed by atoms with Crippen LogP contribution in [0.5, 0.6) is 0 Å². The summed E-state index contributed by atoms with van der Waals surface area (Å²) in [6, 6.07) is 8.16. The molecular weight excluding hydrogens is 206 g/mol. The van der Waals surface area contributed by atoms with Crippen LogP contribution >= 0.6 is 0 Å². The molecule has 0 fully saturated rings. The highest BCUT2D eigenvalue weighted by Gasteiger charge is 2.00. The maximum absolute atomic E-state index is 4.64.